The van der Waals surface area contributed by atoms with Gasteiger partial charge in [-0.15, -0.1) is 0 Å². The molecule has 106 valence electrons. The van der Waals surface area contributed by atoms with E-state index in [1.165, 1.54) is 0 Å². The second-order valence-electron chi connectivity index (χ2n) is 4.55. The summed E-state index contributed by atoms with van der Waals surface area (Å²) in [4.78, 5) is 11.2. The van der Waals surface area contributed by atoms with E-state index in [1.54, 1.807) is 30.0 Å². The average molecular weight is 274 g/mol. The van der Waals surface area contributed by atoms with E-state index in [-0.39, 0.29) is 0 Å². The van der Waals surface area contributed by atoms with Gasteiger partial charge in [-0.25, -0.2) is 0 Å². The van der Waals surface area contributed by atoms with Crippen molar-refractivity contribution < 1.29 is 9.53 Å². The van der Waals surface area contributed by atoms with E-state index in [1.807, 2.05) is 20.2 Å². The van der Waals surface area contributed by atoms with Gasteiger partial charge in [-0.3, -0.25) is 9.48 Å². The van der Waals surface area contributed by atoms with Crippen molar-refractivity contribution in [1.29, 1.82) is 0 Å². The lowest BCUT2D eigenvalue weighted by Crippen LogP contribution is -2.12. The van der Waals surface area contributed by atoms with Crippen LogP contribution in [0.2, 0.25) is 0 Å². The molecule has 0 spiro atoms. The van der Waals surface area contributed by atoms with Crippen molar-refractivity contribution in [3.63, 3.8) is 0 Å². The molecule has 0 fully saturated rings. The Bertz CT molecular complexity index is 634. The molecule has 0 aliphatic heterocycles. The zero-order valence-corrected chi connectivity index (χ0v) is 11.8. The Kier molecular flexibility index (Phi) is 3.93. The Morgan fingerprint density at radius 1 is 1.50 bits per heavy atom. The molecule has 0 aliphatic carbocycles. The number of ether oxygens (including phenoxy) is 1. The first-order chi connectivity index (χ1) is 9.51. The molecule has 0 radical (unpaired) electrons. The number of nitrogens with zero attached hydrogens (tertiary/aromatic N) is 2. The first-order valence-electron chi connectivity index (χ1n) is 6.22. The molecule has 1 aromatic carbocycles. The molecule has 0 bridgehead atoms. The maximum Gasteiger partial charge on any atom is 0.248 e. The lowest BCUT2D eigenvalue weighted by molar-refractivity contribution is 0.100. The second-order valence-corrected chi connectivity index (χ2v) is 4.55. The molecule has 6 nitrogen and oxygen atoms in total. The Morgan fingerprint density at radius 3 is 2.80 bits per heavy atom. The van der Waals surface area contributed by atoms with Crippen LogP contribution in [0.15, 0.2) is 24.4 Å². The molecular formula is C14H18N4O2. The molecule has 1 aromatic heterocycles. The number of carbonyl (C=O) groups is 1. The fraction of sp³-hybridized carbons (Fsp3) is 0.286. The van der Waals surface area contributed by atoms with Crippen LogP contribution in [0.4, 0.5) is 5.69 Å². The number of carbonyl (C=O) groups excluding carboxylic acids is 1. The smallest absolute Gasteiger partial charge is 0.248 e. The number of primary amides is 1. The molecule has 3 N–H and O–H groups in total. The summed E-state index contributed by atoms with van der Waals surface area (Å²) < 4.78 is 7.04. The Labute approximate surface area is 117 Å². The summed E-state index contributed by atoms with van der Waals surface area (Å²) in [6, 6.07) is 5.05. The number of hydrogen-bond donors (Lipinski definition) is 2. The van der Waals surface area contributed by atoms with Crippen LogP contribution in [0.3, 0.4) is 0 Å². The number of aryl methyl sites for hydroxylation is 2. The molecule has 1 heterocycles. The van der Waals surface area contributed by atoms with Crippen molar-refractivity contribution in [3.8, 4) is 5.75 Å². The van der Waals surface area contributed by atoms with Gasteiger partial charge in [0.15, 0.2) is 0 Å². The summed E-state index contributed by atoms with van der Waals surface area (Å²) in [6.07, 6.45) is 1.95. The van der Waals surface area contributed by atoms with Crippen LogP contribution in [-0.4, -0.2) is 22.8 Å². The highest BCUT2D eigenvalue weighted by Gasteiger charge is 2.09. The number of aromatic nitrogens is 2. The normalized spacial score (nSPS) is 10.3. The molecule has 20 heavy (non-hydrogen) atoms. The van der Waals surface area contributed by atoms with Crippen molar-refractivity contribution in [2.75, 3.05) is 12.4 Å². The number of benzene rings is 1. The van der Waals surface area contributed by atoms with E-state index >= 15 is 0 Å². The number of rotatable bonds is 5. The van der Waals surface area contributed by atoms with E-state index in [4.69, 9.17) is 10.5 Å². The van der Waals surface area contributed by atoms with E-state index < -0.39 is 5.91 Å². The third-order valence-corrected chi connectivity index (χ3v) is 3.07. The van der Waals surface area contributed by atoms with Crippen LogP contribution >= 0.6 is 0 Å². The van der Waals surface area contributed by atoms with Crippen molar-refractivity contribution in [2.24, 2.45) is 12.8 Å². The fourth-order valence-corrected chi connectivity index (χ4v) is 2.01. The van der Waals surface area contributed by atoms with Crippen LogP contribution in [0.5, 0.6) is 5.75 Å². The molecule has 2 rings (SSSR count). The molecule has 1 amide bonds. The van der Waals surface area contributed by atoms with Crippen molar-refractivity contribution in [1.82, 2.24) is 9.78 Å². The highest BCUT2D eigenvalue weighted by atomic mass is 16.5. The van der Waals surface area contributed by atoms with Gasteiger partial charge in [0.05, 0.1) is 18.5 Å². The monoisotopic (exact) mass is 274 g/mol. The van der Waals surface area contributed by atoms with Gasteiger partial charge in [-0.2, -0.15) is 5.10 Å². The molecule has 0 aliphatic rings. The molecule has 0 atom stereocenters. The maximum absolute atomic E-state index is 11.2. The summed E-state index contributed by atoms with van der Waals surface area (Å²) in [6.45, 7) is 2.55. The van der Waals surface area contributed by atoms with Crippen LogP contribution < -0.4 is 15.8 Å². The molecule has 0 saturated heterocycles. The number of nitrogens with one attached hydrogen (secondary N) is 1. The first-order valence-corrected chi connectivity index (χ1v) is 6.22. The van der Waals surface area contributed by atoms with Crippen molar-refractivity contribution >= 4 is 11.6 Å². The van der Waals surface area contributed by atoms with Gasteiger partial charge in [0, 0.05) is 30.9 Å². The van der Waals surface area contributed by atoms with Gasteiger partial charge in [0.2, 0.25) is 5.91 Å². The molecule has 0 saturated carbocycles. The predicted octanol–water partition coefficient (Wildman–Crippen LogP) is 1.45. The zero-order chi connectivity index (χ0) is 14.7. The predicted molar refractivity (Wildman–Crippen MR) is 76.8 cm³/mol. The summed E-state index contributed by atoms with van der Waals surface area (Å²) in [5.74, 6) is 0.199. The van der Waals surface area contributed by atoms with E-state index in [2.05, 4.69) is 10.4 Å². The Hall–Kier alpha value is -2.50. The highest BCUT2D eigenvalue weighted by molar-refractivity contribution is 5.94. The standard InChI is InChI=1S/C14H18N4O2/c1-9-11(8-18(2)17-9)7-16-12-6-10(14(15)19)4-5-13(12)20-3/h4-6,8,16H,7H2,1-3H3,(H2,15,19). The third kappa shape index (κ3) is 2.90. The Morgan fingerprint density at radius 2 is 2.25 bits per heavy atom. The van der Waals surface area contributed by atoms with Crippen molar-refractivity contribution in [2.45, 2.75) is 13.5 Å². The van der Waals surface area contributed by atoms with E-state index in [9.17, 15) is 4.79 Å². The van der Waals surface area contributed by atoms with E-state index in [0.717, 1.165) is 16.9 Å². The van der Waals surface area contributed by atoms with Gasteiger partial charge in [-0.05, 0) is 25.1 Å². The summed E-state index contributed by atoms with van der Waals surface area (Å²) in [5, 5.41) is 7.53. The van der Waals surface area contributed by atoms with Crippen LogP contribution in [0, 0.1) is 6.92 Å². The number of hydrogen-bond acceptors (Lipinski definition) is 4. The summed E-state index contributed by atoms with van der Waals surface area (Å²) in [5.41, 5.74) is 8.50. The molecular weight excluding hydrogens is 256 g/mol. The van der Waals surface area contributed by atoms with Gasteiger partial charge in [0.1, 0.15) is 5.75 Å². The number of amides is 1. The Balaban J connectivity index is 2.21. The molecule has 0 unspecified atom stereocenters. The minimum absolute atomic E-state index is 0.441. The lowest BCUT2D eigenvalue weighted by atomic mass is 10.1. The topological polar surface area (TPSA) is 82.2 Å². The minimum atomic E-state index is -0.465. The highest BCUT2D eigenvalue weighted by Crippen LogP contribution is 2.26. The largest absolute Gasteiger partial charge is 0.495 e. The fourth-order valence-electron chi connectivity index (χ4n) is 2.01. The van der Waals surface area contributed by atoms with E-state index in [0.29, 0.717) is 17.9 Å². The third-order valence-electron chi connectivity index (χ3n) is 3.07. The minimum Gasteiger partial charge on any atom is -0.495 e. The maximum atomic E-state index is 11.2. The SMILES string of the molecule is COc1ccc(C(N)=O)cc1NCc1cn(C)nc1C. The lowest BCUT2D eigenvalue weighted by Gasteiger charge is -2.11. The van der Waals surface area contributed by atoms with Gasteiger partial charge in [-0.1, -0.05) is 0 Å². The molecule has 2 aromatic rings. The first kappa shape index (κ1) is 13.9. The van der Waals surface area contributed by atoms with Gasteiger partial charge < -0.3 is 15.8 Å². The number of nitrogens with two attached hydrogens (primary N) is 1. The summed E-state index contributed by atoms with van der Waals surface area (Å²) in [7, 11) is 3.46. The quantitative estimate of drug-likeness (QED) is 0.864. The van der Waals surface area contributed by atoms with Crippen LogP contribution in [-0.2, 0) is 13.6 Å². The number of anilines is 1. The van der Waals surface area contributed by atoms with Crippen LogP contribution in [0.1, 0.15) is 21.6 Å². The molecule has 6 heteroatoms. The second kappa shape index (κ2) is 5.64. The van der Waals surface area contributed by atoms with Gasteiger partial charge in [0.25, 0.3) is 0 Å². The van der Waals surface area contributed by atoms with Crippen LogP contribution in [0.25, 0.3) is 0 Å². The zero-order valence-electron chi connectivity index (χ0n) is 11.8. The number of methoxy groups -OCH3 is 1. The van der Waals surface area contributed by atoms with Crippen molar-refractivity contribution in [3.05, 3.63) is 41.2 Å². The summed E-state index contributed by atoms with van der Waals surface area (Å²) >= 11 is 0. The average Bonchev–Trinajstić information content (AvgIpc) is 2.74. The van der Waals surface area contributed by atoms with Gasteiger partial charge >= 0.3 is 0 Å².